The van der Waals surface area contributed by atoms with Gasteiger partial charge in [-0.1, -0.05) is 5.16 Å². The molecular weight excluding hydrogens is 70.0 g/mol. The van der Waals surface area contributed by atoms with E-state index in [1.807, 2.05) is 0 Å². The largest absolute Gasteiger partial charge is 0.411 e. The van der Waals surface area contributed by atoms with E-state index in [2.05, 4.69) is 5.16 Å². The lowest BCUT2D eigenvalue weighted by Crippen LogP contribution is -1.78. The summed E-state index contributed by atoms with van der Waals surface area (Å²) in [7, 11) is 0. The van der Waals surface area contributed by atoms with Crippen molar-refractivity contribution in [1.29, 1.82) is 0 Å². The molecule has 30 valence electrons. The van der Waals surface area contributed by atoms with Crippen LogP contribution in [0.4, 0.5) is 0 Å². The summed E-state index contributed by atoms with van der Waals surface area (Å²) in [5.74, 6) is 0. The van der Waals surface area contributed by atoms with Crippen molar-refractivity contribution < 1.29 is 10.3 Å². The molecule has 0 aliphatic carbocycles. The number of oxime groups is 1. The van der Waals surface area contributed by atoms with Gasteiger partial charge in [-0.25, -0.2) is 0 Å². The first-order chi connectivity index (χ1) is 2.41. The van der Waals surface area contributed by atoms with Gasteiger partial charge in [0.05, 0.1) is 12.8 Å². The van der Waals surface area contributed by atoms with Crippen LogP contribution in [0.25, 0.3) is 0 Å². The molecule has 0 amide bonds. The van der Waals surface area contributed by atoms with Gasteiger partial charge in [-0.2, -0.15) is 0 Å². The highest BCUT2D eigenvalue weighted by Crippen LogP contribution is 1.43. The van der Waals surface area contributed by atoms with Crippen LogP contribution in [0.1, 0.15) is 0 Å². The van der Waals surface area contributed by atoms with Gasteiger partial charge in [0.25, 0.3) is 0 Å². The maximum absolute atomic E-state index is 7.76. The molecule has 0 bridgehead atoms. The summed E-state index contributed by atoms with van der Waals surface area (Å²) in [5, 5.41) is 17.7. The molecule has 0 spiro atoms. The van der Waals surface area contributed by atoms with Crippen molar-refractivity contribution in [1.82, 2.24) is 0 Å². The molecule has 3 heteroatoms. The lowest BCUT2D eigenvalue weighted by molar-refractivity contribution is 0.308. The Morgan fingerprint density at radius 2 is 2.40 bits per heavy atom. The quantitative estimate of drug-likeness (QED) is 0.249. The van der Waals surface area contributed by atoms with Crippen LogP contribution in [0, 0.1) is 0 Å². The first-order valence-electron chi connectivity index (χ1n) is 1.18. The predicted molar refractivity (Wildman–Crippen MR) is 17.4 cm³/mol. The molecule has 0 aromatic heterocycles. The fourth-order valence-electron chi connectivity index (χ4n) is 0.0365. The van der Waals surface area contributed by atoms with Crippen molar-refractivity contribution >= 4 is 6.21 Å². The summed E-state index contributed by atoms with van der Waals surface area (Å²) in [6.07, 6.45) is 0.986. The third kappa shape index (κ3) is 3.43. The SMILES string of the molecule is OC/C=N/O. The minimum absolute atomic E-state index is 0.198. The van der Waals surface area contributed by atoms with Gasteiger partial charge in [0.1, 0.15) is 0 Å². The second-order valence-corrected chi connectivity index (χ2v) is 0.481. The zero-order chi connectivity index (χ0) is 4.12. The van der Waals surface area contributed by atoms with E-state index >= 15 is 0 Å². The number of hydrogen-bond donors (Lipinski definition) is 2. The Kier molecular flexibility index (Phi) is 3.04. The maximum Gasteiger partial charge on any atom is 0.0817 e. The predicted octanol–water partition coefficient (Wildman–Crippen LogP) is -0.561. The van der Waals surface area contributed by atoms with Gasteiger partial charge in [-0.05, 0) is 0 Å². The number of aliphatic hydroxyl groups is 1. The first kappa shape index (κ1) is 4.43. The summed E-state index contributed by atoms with van der Waals surface area (Å²) < 4.78 is 0. The summed E-state index contributed by atoms with van der Waals surface area (Å²) in [6.45, 7) is -0.198. The van der Waals surface area contributed by atoms with E-state index in [1.165, 1.54) is 0 Å². The maximum atomic E-state index is 7.76. The van der Waals surface area contributed by atoms with Crippen LogP contribution in [0.15, 0.2) is 5.16 Å². The molecule has 0 fully saturated rings. The van der Waals surface area contributed by atoms with Crippen LogP contribution >= 0.6 is 0 Å². The van der Waals surface area contributed by atoms with E-state index in [4.69, 9.17) is 10.3 Å². The lowest BCUT2D eigenvalue weighted by Gasteiger charge is -1.65. The molecule has 2 N–H and O–H groups in total. The Morgan fingerprint density at radius 1 is 1.80 bits per heavy atom. The Hall–Kier alpha value is -0.570. The number of rotatable bonds is 1. The molecular formula is C2H5NO2. The molecule has 0 saturated heterocycles. The van der Waals surface area contributed by atoms with Crippen molar-refractivity contribution in [3.05, 3.63) is 0 Å². The summed E-state index contributed by atoms with van der Waals surface area (Å²) in [5.41, 5.74) is 0. The summed E-state index contributed by atoms with van der Waals surface area (Å²) >= 11 is 0. The molecule has 0 aliphatic heterocycles. The van der Waals surface area contributed by atoms with Gasteiger partial charge in [0, 0.05) is 0 Å². The third-order valence-electron chi connectivity index (χ3n) is 0.163. The normalized spacial score (nSPS) is 9.80. The highest BCUT2D eigenvalue weighted by Gasteiger charge is 1.55. The first-order valence-corrected chi connectivity index (χ1v) is 1.18. The van der Waals surface area contributed by atoms with Crippen molar-refractivity contribution in [2.75, 3.05) is 6.61 Å². The van der Waals surface area contributed by atoms with E-state index in [-0.39, 0.29) is 6.61 Å². The lowest BCUT2D eigenvalue weighted by atomic mass is 10.8. The van der Waals surface area contributed by atoms with Gasteiger partial charge in [-0.15, -0.1) is 0 Å². The van der Waals surface area contributed by atoms with Crippen molar-refractivity contribution in [2.24, 2.45) is 5.16 Å². The molecule has 0 aliphatic rings. The Labute approximate surface area is 29.5 Å². The fraction of sp³-hybridized carbons (Fsp3) is 0.500. The van der Waals surface area contributed by atoms with Gasteiger partial charge in [0.2, 0.25) is 0 Å². The second-order valence-electron chi connectivity index (χ2n) is 0.481. The number of aliphatic hydroxyl groups excluding tert-OH is 1. The minimum Gasteiger partial charge on any atom is -0.411 e. The van der Waals surface area contributed by atoms with Crippen LogP contribution in [-0.4, -0.2) is 23.1 Å². The van der Waals surface area contributed by atoms with Crippen molar-refractivity contribution in [3.8, 4) is 0 Å². The van der Waals surface area contributed by atoms with E-state index in [9.17, 15) is 0 Å². The fourth-order valence-corrected chi connectivity index (χ4v) is 0.0365. The molecule has 3 nitrogen and oxygen atoms in total. The van der Waals surface area contributed by atoms with Crippen molar-refractivity contribution in [3.63, 3.8) is 0 Å². The van der Waals surface area contributed by atoms with Gasteiger partial charge in [-0.3, -0.25) is 0 Å². The highest BCUT2D eigenvalue weighted by atomic mass is 16.4. The van der Waals surface area contributed by atoms with E-state index in [0.717, 1.165) is 6.21 Å². The molecule has 0 atom stereocenters. The smallest absolute Gasteiger partial charge is 0.0817 e. The van der Waals surface area contributed by atoms with Crippen LogP contribution in [0.3, 0.4) is 0 Å². The monoisotopic (exact) mass is 75.0 g/mol. The standard InChI is InChI=1S/C2H5NO2/c4-2-1-3-5/h1,4-5H,2H2/b3-1+. The van der Waals surface area contributed by atoms with Crippen LogP contribution in [0.2, 0.25) is 0 Å². The Morgan fingerprint density at radius 3 is 2.40 bits per heavy atom. The average molecular weight is 75.1 g/mol. The third-order valence-corrected chi connectivity index (χ3v) is 0.163. The molecule has 0 heterocycles. The molecule has 0 unspecified atom stereocenters. The van der Waals surface area contributed by atoms with Gasteiger partial charge in [0.15, 0.2) is 0 Å². The van der Waals surface area contributed by atoms with E-state index < -0.39 is 0 Å². The minimum atomic E-state index is -0.198. The Balaban J connectivity index is 2.62. The molecule has 0 aromatic rings. The second kappa shape index (κ2) is 3.43. The van der Waals surface area contributed by atoms with E-state index in [0.29, 0.717) is 0 Å². The van der Waals surface area contributed by atoms with Crippen LogP contribution in [0.5, 0.6) is 0 Å². The zero-order valence-electron chi connectivity index (χ0n) is 2.63. The molecule has 0 saturated carbocycles. The van der Waals surface area contributed by atoms with Crippen molar-refractivity contribution in [2.45, 2.75) is 0 Å². The van der Waals surface area contributed by atoms with Crippen LogP contribution < -0.4 is 0 Å². The van der Waals surface area contributed by atoms with Crippen LogP contribution in [-0.2, 0) is 0 Å². The van der Waals surface area contributed by atoms with E-state index in [1.54, 1.807) is 0 Å². The molecule has 0 rings (SSSR count). The average Bonchev–Trinajstić information content (AvgIpc) is 1.41. The molecule has 0 aromatic carbocycles. The highest BCUT2D eigenvalue weighted by molar-refractivity contribution is 5.56. The van der Waals surface area contributed by atoms with Gasteiger partial charge >= 0.3 is 0 Å². The molecule has 5 heavy (non-hydrogen) atoms. The van der Waals surface area contributed by atoms with Gasteiger partial charge < -0.3 is 10.3 Å². The topological polar surface area (TPSA) is 52.8 Å². The zero-order valence-corrected chi connectivity index (χ0v) is 2.63. The number of hydrogen-bond acceptors (Lipinski definition) is 3. The summed E-state index contributed by atoms with van der Waals surface area (Å²) in [4.78, 5) is 0. The number of nitrogens with zero attached hydrogens (tertiary/aromatic N) is 1. The summed E-state index contributed by atoms with van der Waals surface area (Å²) in [6, 6.07) is 0. The Bertz CT molecular complexity index is 34.6. The molecule has 0 radical (unpaired) electrons.